The van der Waals surface area contributed by atoms with Crippen LogP contribution in [0.5, 0.6) is 0 Å². The van der Waals surface area contributed by atoms with Gasteiger partial charge in [-0.05, 0) is 43.2 Å². The number of carbonyl (C=O) groups is 3. The van der Waals surface area contributed by atoms with Crippen molar-refractivity contribution in [2.75, 3.05) is 11.9 Å². The maximum atomic E-state index is 12.9. The lowest BCUT2D eigenvalue weighted by Crippen LogP contribution is -2.33. The van der Waals surface area contributed by atoms with Crippen LogP contribution >= 0.6 is 0 Å². The van der Waals surface area contributed by atoms with E-state index in [9.17, 15) is 14.4 Å². The lowest BCUT2D eigenvalue weighted by atomic mass is 10.1. The summed E-state index contributed by atoms with van der Waals surface area (Å²) in [6, 6.07) is 17.4. The highest BCUT2D eigenvalue weighted by atomic mass is 16.5. The molecule has 2 aromatic carbocycles. The highest BCUT2D eigenvalue weighted by molar-refractivity contribution is 5.97. The standard InChI is InChI=1S/C23H22N2O5/c1-15-10-11-16(2)18(13-15)25-23(28)21(17-7-4-3-5-8-17)30-20(26)14-24-22(27)19-9-6-12-29-19/h3-13,21H,14H2,1-2H3,(H,24,27)(H,25,28). The van der Waals surface area contributed by atoms with E-state index in [0.29, 0.717) is 11.3 Å². The van der Waals surface area contributed by atoms with E-state index in [0.717, 1.165) is 11.1 Å². The summed E-state index contributed by atoms with van der Waals surface area (Å²) in [6.45, 7) is 3.40. The molecule has 0 saturated carbocycles. The van der Waals surface area contributed by atoms with Crippen molar-refractivity contribution in [3.8, 4) is 0 Å². The van der Waals surface area contributed by atoms with E-state index < -0.39 is 30.4 Å². The Bertz CT molecular complexity index is 1030. The quantitative estimate of drug-likeness (QED) is 0.585. The molecule has 2 N–H and O–H groups in total. The van der Waals surface area contributed by atoms with Gasteiger partial charge in [0.1, 0.15) is 6.54 Å². The van der Waals surface area contributed by atoms with E-state index in [4.69, 9.17) is 9.15 Å². The summed E-state index contributed by atoms with van der Waals surface area (Å²) in [5.41, 5.74) is 3.04. The van der Waals surface area contributed by atoms with Gasteiger partial charge in [-0.25, -0.2) is 0 Å². The van der Waals surface area contributed by atoms with Crippen molar-refractivity contribution >= 4 is 23.5 Å². The second-order valence-corrected chi connectivity index (χ2v) is 6.75. The highest BCUT2D eigenvalue weighted by Crippen LogP contribution is 2.22. The molecule has 0 saturated heterocycles. The average molecular weight is 406 g/mol. The van der Waals surface area contributed by atoms with Gasteiger partial charge in [-0.2, -0.15) is 0 Å². The topological polar surface area (TPSA) is 97.6 Å². The number of hydrogen-bond acceptors (Lipinski definition) is 5. The van der Waals surface area contributed by atoms with E-state index in [1.54, 1.807) is 36.4 Å². The van der Waals surface area contributed by atoms with Crippen LogP contribution in [0.2, 0.25) is 0 Å². The number of anilines is 1. The molecule has 30 heavy (non-hydrogen) atoms. The Kier molecular flexibility index (Phi) is 6.64. The van der Waals surface area contributed by atoms with Gasteiger partial charge in [0, 0.05) is 11.3 Å². The predicted octanol–water partition coefficient (Wildman–Crippen LogP) is 3.55. The molecule has 0 radical (unpaired) electrons. The van der Waals surface area contributed by atoms with Crippen LogP contribution in [-0.4, -0.2) is 24.3 Å². The largest absolute Gasteiger partial charge is 0.459 e. The third-order valence-electron chi connectivity index (χ3n) is 4.38. The molecule has 0 aliphatic carbocycles. The van der Waals surface area contributed by atoms with Crippen molar-refractivity contribution in [1.82, 2.24) is 5.32 Å². The van der Waals surface area contributed by atoms with Gasteiger partial charge < -0.3 is 19.8 Å². The molecule has 3 aromatic rings. The second kappa shape index (κ2) is 9.56. The predicted molar refractivity (Wildman–Crippen MR) is 111 cm³/mol. The Hall–Kier alpha value is -3.87. The van der Waals surface area contributed by atoms with Gasteiger partial charge >= 0.3 is 5.97 Å². The normalized spacial score (nSPS) is 11.4. The molecule has 0 aliphatic heterocycles. The van der Waals surface area contributed by atoms with Gasteiger partial charge in [0.15, 0.2) is 5.76 Å². The number of ether oxygens (including phenoxy) is 1. The van der Waals surface area contributed by atoms with Gasteiger partial charge in [0.25, 0.3) is 11.8 Å². The maximum Gasteiger partial charge on any atom is 0.326 e. The first-order valence-electron chi connectivity index (χ1n) is 9.38. The fourth-order valence-electron chi connectivity index (χ4n) is 2.79. The summed E-state index contributed by atoms with van der Waals surface area (Å²) in [5, 5.41) is 5.23. The molecule has 0 spiro atoms. The number of amides is 2. The van der Waals surface area contributed by atoms with Crippen LogP contribution in [0.4, 0.5) is 5.69 Å². The fraction of sp³-hybridized carbons (Fsp3) is 0.174. The Balaban J connectivity index is 1.71. The number of furan rings is 1. The summed E-state index contributed by atoms with van der Waals surface area (Å²) < 4.78 is 10.4. The first kappa shape index (κ1) is 20.9. The molecular formula is C23H22N2O5. The van der Waals surface area contributed by atoms with Crippen LogP contribution in [0.1, 0.15) is 33.3 Å². The highest BCUT2D eigenvalue weighted by Gasteiger charge is 2.26. The SMILES string of the molecule is Cc1ccc(C)c(NC(=O)C(OC(=O)CNC(=O)c2ccco2)c2ccccc2)c1. The molecule has 2 amide bonds. The minimum atomic E-state index is -1.17. The molecule has 1 atom stereocenters. The van der Waals surface area contributed by atoms with Crippen molar-refractivity contribution in [3.05, 3.63) is 89.4 Å². The first-order valence-corrected chi connectivity index (χ1v) is 9.38. The van der Waals surface area contributed by atoms with Crippen LogP contribution in [0, 0.1) is 13.8 Å². The van der Waals surface area contributed by atoms with Gasteiger partial charge in [0.05, 0.1) is 6.26 Å². The minimum absolute atomic E-state index is 0.0788. The Morgan fingerprint density at radius 1 is 1.00 bits per heavy atom. The molecular weight excluding hydrogens is 384 g/mol. The number of carbonyl (C=O) groups excluding carboxylic acids is 3. The van der Waals surface area contributed by atoms with Gasteiger partial charge in [-0.3, -0.25) is 14.4 Å². The molecule has 0 aliphatic rings. The molecule has 0 fully saturated rings. The number of hydrogen-bond donors (Lipinski definition) is 2. The Labute approximate surface area is 174 Å². The summed E-state index contributed by atoms with van der Waals surface area (Å²) in [7, 11) is 0. The zero-order valence-corrected chi connectivity index (χ0v) is 16.7. The third kappa shape index (κ3) is 5.35. The van der Waals surface area contributed by atoms with E-state index in [2.05, 4.69) is 10.6 Å². The number of rotatable bonds is 7. The van der Waals surface area contributed by atoms with Crippen LogP contribution in [0.15, 0.2) is 71.3 Å². The molecule has 7 nitrogen and oxygen atoms in total. The zero-order chi connectivity index (χ0) is 21.5. The van der Waals surface area contributed by atoms with E-state index in [1.165, 1.54) is 12.3 Å². The third-order valence-corrected chi connectivity index (χ3v) is 4.38. The van der Waals surface area contributed by atoms with Crippen molar-refractivity contribution in [2.24, 2.45) is 0 Å². The van der Waals surface area contributed by atoms with Crippen LogP contribution < -0.4 is 10.6 Å². The number of esters is 1. The zero-order valence-electron chi connectivity index (χ0n) is 16.7. The molecule has 0 bridgehead atoms. The number of nitrogens with one attached hydrogen (secondary N) is 2. The maximum absolute atomic E-state index is 12.9. The lowest BCUT2D eigenvalue weighted by Gasteiger charge is -2.19. The Morgan fingerprint density at radius 2 is 1.77 bits per heavy atom. The summed E-state index contributed by atoms with van der Waals surface area (Å²) >= 11 is 0. The van der Waals surface area contributed by atoms with Crippen LogP contribution in [-0.2, 0) is 14.3 Å². The van der Waals surface area contributed by atoms with E-state index in [-0.39, 0.29) is 5.76 Å². The lowest BCUT2D eigenvalue weighted by molar-refractivity contribution is -0.153. The van der Waals surface area contributed by atoms with Crippen LogP contribution in [0.3, 0.4) is 0 Å². The number of aryl methyl sites for hydroxylation is 2. The van der Waals surface area contributed by atoms with Gasteiger partial charge in [-0.1, -0.05) is 42.5 Å². The molecule has 154 valence electrons. The van der Waals surface area contributed by atoms with Crippen molar-refractivity contribution in [2.45, 2.75) is 20.0 Å². The van der Waals surface area contributed by atoms with Crippen LogP contribution in [0.25, 0.3) is 0 Å². The Morgan fingerprint density at radius 3 is 2.47 bits per heavy atom. The molecule has 1 aromatic heterocycles. The number of benzene rings is 2. The molecule has 7 heteroatoms. The second-order valence-electron chi connectivity index (χ2n) is 6.75. The summed E-state index contributed by atoms with van der Waals surface area (Å²) in [5.74, 6) is -1.70. The average Bonchev–Trinajstić information content (AvgIpc) is 3.28. The summed E-state index contributed by atoms with van der Waals surface area (Å²) in [6.07, 6.45) is 0.190. The van der Waals surface area contributed by atoms with E-state index in [1.807, 2.05) is 32.0 Å². The monoisotopic (exact) mass is 406 g/mol. The smallest absolute Gasteiger partial charge is 0.326 e. The van der Waals surface area contributed by atoms with Gasteiger partial charge in [-0.15, -0.1) is 0 Å². The first-order chi connectivity index (χ1) is 14.4. The van der Waals surface area contributed by atoms with Crippen molar-refractivity contribution in [1.29, 1.82) is 0 Å². The summed E-state index contributed by atoms with van der Waals surface area (Å²) in [4.78, 5) is 37.2. The minimum Gasteiger partial charge on any atom is -0.459 e. The van der Waals surface area contributed by atoms with Crippen molar-refractivity contribution in [3.63, 3.8) is 0 Å². The fourth-order valence-corrected chi connectivity index (χ4v) is 2.79. The van der Waals surface area contributed by atoms with Gasteiger partial charge in [0.2, 0.25) is 6.10 Å². The molecule has 1 heterocycles. The van der Waals surface area contributed by atoms with Crippen molar-refractivity contribution < 1.29 is 23.5 Å². The molecule has 1 unspecified atom stereocenters. The van der Waals surface area contributed by atoms with E-state index >= 15 is 0 Å². The molecule has 3 rings (SSSR count).